The molecule has 0 aliphatic carbocycles. The van der Waals surface area contributed by atoms with Crippen LogP contribution in [-0.2, 0) is 11.3 Å². The molecule has 1 saturated heterocycles. The number of rotatable bonds is 5. The van der Waals surface area contributed by atoms with Crippen molar-refractivity contribution in [3.63, 3.8) is 0 Å². The highest BCUT2D eigenvalue weighted by molar-refractivity contribution is 5.78. The van der Waals surface area contributed by atoms with Gasteiger partial charge >= 0.3 is 5.69 Å². The zero-order chi connectivity index (χ0) is 14.8. The van der Waals surface area contributed by atoms with Crippen molar-refractivity contribution in [1.82, 2.24) is 20.2 Å². The molecule has 6 nitrogen and oxygen atoms in total. The van der Waals surface area contributed by atoms with Crippen LogP contribution in [0, 0.1) is 11.8 Å². The van der Waals surface area contributed by atoms with Crippen molar-refractivity contribution in [3.8, 4) is 0 Å². The van der Waals surface area contributed by atoms with Crippen LogP contribution in [0.4, 0.5) is 0 Å². The Balaban J connectivity index is 1.60. The van der Waals surface area contributed by atoms with Crippen LogP contribution >= 0.6 is 0 Å². The molecular weight excluding hydrogens is 268 g/mol. The Labute approximate surface area is 122 Å². The first-order valence-electron chi connectivity index (χ1n) is 7.33. The van der Waals surface area contributed by atoms with Crippen LogP contribution in [-0.4, -0.2) is 35.1 Å². The summed E-state index contributed by atoms with van der Waals surface area (Å²) < 4.78 is 1.66. The van der Waals surface area contributed by atoms with E-state index in [1.165, 1.54) is 0 Å². The summed E-state index contributed by atoms with van der Waals surface area (Å²) in [6, 6.07) is 7.56. The van der Waals surface area contributed by atoms with E-state index in [-0.39, 0.29) is 17.5 Å². The van der Waals surface area contributed by atoms with Gasteiger partial charge in [0, 0.05) is 19.0 Å². The summed E-state index contributed by atoms with van der Waals surface area (Å²) in [5.74, 6) is 0.515. The average molecular weight is 288 g/mol. The van der Waals surface area contributed by atoms with Crippen LogP contribution in [0.5, 0.6) is 0 Å². The third kappa shape index (κ3) is 2.71. The van der Waals surface area contributed by atoms with Crippen LogP contribution in [0.25, 0.3) is 11.0 Å². The minimum atomic E-state index is -0.137. The fourth-order valence-electron chi connectivity index (χ4n) is 2.66. The van der Waals surface area contributed by atoms with Crippen molar-refractivity contribution >= 4 is 16.9 Å². The highest BCUT2D eigenvalue weighted by Gasteiger charge is 2.28. The number of carbonyl (C=O) groups excluding carboxylic acids is 1. The number of imidazole rings is 1. The molecule has 0 radical (unpaired) electrons. The minimum absolute atomic E-state index is 0.0194. The predicted octanol–water partition coefficient (Wildman–Crippen LogP) is 0.301. The van der Waals surface area contributed by atoms with Gasteiger partial charge in [0.05, 0.1) is 11.0 Å². The number of aromatic amines is 1. The molecule has 1 fully saturated rings. The van der Waals surface area contributed by atoms with Crippen molar-refractivity contribution in [2.24, 2.45) is 11.8 Å². The summed E-state index contributed by atoms with van der Waals surface area (Å²) >= 11 is 0. The average Bonchev–Trinajstić information content (AvgIpc) is 2.73. The Bertz CT molecular complexity index is 699. The standard InChI is InChI=1S/C15H20N4O2/c1-10(11-8-16-9-11)14(20)17-6-7-19-13-5-3-2-4-12(13)18-15(19)21/h2-5,10-11,16H,6-9H2,1H3,(H,17,20)(H,18,21). The van der Waals surface area contributed by atoms with Gasteiger partial charge in [-0.2, -0.15) is 0 Å². The summed E-state index contributed by atoms with van der Waals surface area (Å²) in [5, 5.41) is 6.09. The van der Waals surface area contributed by atoms with E-state index in [1.807, 2.05) is 31.2 Å². The van der Waals surface area contributed by atoms with Crippen molar-refractivity contribution in [2.75, 3.05) is 19.6 Å². The summed E-state index contributed by atoms with van der Waals surface area (Å²) in [6.07, 6.45) is 0. The fourth-order valence-corrected chi connectivity index (χ4v) is 2.66. The molecule has 2 heterocycles. The van der Waals surface area contributed by atoms with E-state index >= 15 is 0 Å². The van der Waals surface area contributed by atoms with Crippen molar-refractivity contribution in [1.29, 1.82) is 0 Å². The molecule has 2 aromatic rings. The van der Waals surface area contributed by atoms with Gasteiger partial charge in [-0.05, 0) is 31.1 Å². The molecule has 3 N–H and O–H groups in total. The summed E-state index contributed by atoms with van der Waals surface area (Å²) in [5.41, 5.74) is 1.55. The van der Waals surface area contributed by atoms with E-state index in [4.69, 9.17) is 0 Å². The number of amides is 1. The van der Waals surface area contributed by atoms with Crippen LogP contribution in [0.1, 0.15) is 6.92 Å². The molecule has 1 atom stereocenters. The van der Waals surface area contributed by atoms with Gasteiger partial charge in [0.1, 0.15) is 0 Å². The van der Waals surface area contributed by atoms with Crippen LogP contribution in [0.2, 0.25) is 0 Å². The lowest BCUT2D eigenvalue weighted by Crippen LogP contribution is -2.49. The number of aromatic nitrogens is 2. The maximum Gasteiger partial charge on any atom is 0.326 e. The summed E-state index contributed by atoms with van der Waals surface area (Å²) in [6.45, 7) is 4.72. The molecule has 1 amide bonds. The molecule has 6 heteroatoms. The quantitative estimate of drug-likeness (QED) is 0.740. The monoisotopic (exact) mass is 288 g/mol. The van der Waals surface area contributed by atoms with Crippen LogP contribution in [0.15, 0.2) is 29.1 Å². The number of nitrogens with one attached hydrogen (secondary N) is 3. The maximum absolute atomic E-state index is 12.0. The molecule has 1 aliphatic heterocycles. The second kappa shape index (κ2) is 5.73. The van der Waals surface area contributed by atoms with Crippen molar-refractivity contribution < 1.29 is 4.79 Å². The van der Waals surface area contributed by atoms with Crippen LogP contribution in [0.3, 0.4) is 0 Å². The van der Waals surface area contributed by atoms with Gasteiger partial charge in [-0.3, -0.25) is 9.36 Å². The number of carbonyl (C=O) groups is 1. The Kier molecular flexibility index (Phi) is 3.79. The molecule has 0 spiro atoms. The number of fused-ring (bicyclic) bond motifs is 1. The van der Waals surface area contributed by atoms with Crippen molar-refractivity contribution in [3.05, 3.63) is 34.7 Å². The number of H-pyrrole nitrogens is 1. The second-order valence-electron chi connectivity index (χ2n) is 5.60. The lowest BCUT2D eigenvalue weighted by molar-refractivity contribution is -0.126. The van der Waals surface area contributed by atoms with E-state index < -0.39 is 0 Å². The van der Waals surface area contributed by atoms with Gasteiger partial charge in [-0.15, -0.1) is 0 Å². The number of benzene rings is 1. The highest BCUT2D eigenvalue weighted by atomic mass is 16.2. The Morgan fingerprint density at radius 2 is 2.19 bits per heavy atom. The smallest absolute Gasteiger partial charge is 0.326 e. The predicted molar refractivity (Wildman–Crippen MR) is 81.1 cm³/mol. The van der Waals surface area contributed by atoms with Crippen molar-refractivity contribution in [2.45, 2.75) is 13.5 Å². The molecular formula is C15H20N4O2. The normalized spacial score (nSPS) is 16.6. The topological polar surface area (TPSA) is 78.9 Å². The van der Waals surface area contributed by atoms with E-state index in [2.05, 4.69) is 15.6 Å². The third-order valence-electron chi connectivity index (χ3n) is 4.25. The number of nitrogens with zero attached hydrogens (tertiary/aromatic N) is 1. The number of para-hydroxylation sites is 2. The van der Waals surface area contributed by atoms with Gasteiger partial charge in [-0.1, -0.05) is 19.1 Å². The van der Waals surface area contributed by atoms with Gasteiger partial charge in [-0.25, -0.2) is 4.79 Å². The SMILES string of the molecule is CC(C(=O)NCCn1c(=O)[nH]c2ccccc21)C1CNC1. The van der Waals surface area contributed by atoms with Gasteiger partial charge in [0.15, 0.2) is 0 Å². The van der Waals surface area contributed by atoms with E-state index in [9.17, 15) is 9.59 Å². The molecule has 1 aromatic carbocycles. The zero-order valence-corrected chi connectivity index (χ0v) is 12.1. The van der Waals surface area contributed by atoms with Crippen LogP contribution < -0.4 is 16.3 Å². The summed E-state index contributed by atoms with van der Waals surface area (Å²) in [4.78, 5) is 26.7. The molecule has 3 rings (SSSR count). The third-order valence-corrected chi connectivity index (χ3v) is 4.25. The highest BCUT2D eigenvalue weighted by Crippen LogP contribution is 2.15. The fraction of sp³-hybridized carbons (Fsp3) is 0.467. The van der Waals surface area contributed by atoms with Gasteiger partial charge in [0.25, 0.3) is 0 Å². The van der Waals surface area contributed by atoms with Gasteiger partial charge in [0.2, 0.25) is 5.91 Å². The molecule has 21 heavy (non-hydrogen) atoms. The van der Waals surface area contributed by atoms with E-state index in [0.29, 0.717) is 19.0 Å². The number of hydrogen-bond donors (Lipinski definition) is 3. The van der Waals surface area contributed by atoms with E-state index in [0.717, 1.165) is 24.1 Å². The number of hydrogen-bond acceptors (Lipinski definition) is 3. The Hall–Kier alpha value is -2.08. The van der Waals surface area contributed by atoms with E-state index in [1.54, 1.807) is 4.57 Å². The zero-order valence-electron chi connectivity index (χ0n) is 12.1. The first-order chi connectivity index (χ1) is 10.2. The molecule has 112 valence electrons. The lowest BCUT2D eigenvalue weighted by Gasteiger charge is -2.31. The Morgan fingerprint density at radius 3 is 2.90 bits per heavy atom. The molecule has 0 saturated carbocycles. The Morgan fingerprint density at radius 1 is 1.43 bits per heavy atom. The largest absolute Gasteiger partial charge is 0.354 e. The lowest BCUT2D eigenvalue weighted by atomic mass is 9.88. The van der Waals surface area contributed by atoms with Gasteiger partial charge < -0.3 is 15.6 Å². The molecule has 1 aromatic heterocycles. The summed E-state index contributed by atoms with van der Waals surface area (Å²) in [7, 11) is 0. The minimum Gasteiger partial charge on any atom is -0.354 e. The second-order valence-corrected chi connectivity index (χ2v) is 5.60. The molecule has 0 bridgehead atoms. The first-order valence-corrected chi connectivity index (χ1v) is 7.33. The first kappa shape index (κ1) is 13.9. The molecule has 1 unspecified atom stereocenters. The molecule has 1 aliphatic rings. The maximum atomic E-state index is 12.0.